The van der Waals surface area contributed by atoms with E-state index in [1.165, 1.54) is 0 Å². The van der Waals surface area contributed by atoms with Crippen LogP contribution in [0.4, 0.5) is 5.69 Å². The molecule has 3 heteroatoms. The standard InChI is InChI=1S/C13H18ClNO/c1-3-5-8-15(4-2)13-7-6-12(14)9-11(13)10-16/h6-7,9-10H,3-5,8H2,1-2H3. The number of rotatable bonds is 6. The van der Waals surface area contributed by atoms with Crippen molar-refractivity contribution in [2.45, 2.75) is 26.7 Å². The molecule has 0 aliphatic heterocycles. The average Bonchev–Trinajstić information content (AvgIpc) is 2.31. The average molecular weight is 240 g/mol. The Hall–Kier alpha value is -1.02. The zero-order chi connectivity index (χ0) is 12.0. The third-order valence-corrected chi connectivity index (χ3v) is 2.86. The third-order valence-electron chi connectivity index (χ3n) is 2.62. The zero-order valence-corrected chi connectivity index (χ0v) is 10.6. The van der Waals surface area contributed by atoms with Crippen molar-refractivity contribution in [1.82, 2.24) is 0 Å². The molecule has 16 heavy (non-hydrogen) atoms. The largest absolute Gasteiger partial charge is 0.371 e. The van der Waals surface area contributed by atoms with E-state index in [2.05, 4.69) is 18.7 Å². The molecule has 0 N–H and O–H groups in total. The van der Waals surface area contributed by atoms with Crippen molar-refractivity contribution in [1.29, 1.82) is 0 Å². The first-order valence-electron chi connectivity index (χ1n) is 5.72. The maximum atomic E-state index is 11.0. The molecule has 0 saturated heterocycles. The van der Waals surface area contributed by atoms with Gasteiger partial charge >= 0.3 is 0 Å². The van der Waals surface area contributed by atoms with E-state index in [1.807, 2.05) is 12.1 Å². The van der Waals surface area contributed by atoms with Crippen LogP contribution >= 0.6 is 11.6 Å². The van der Waals surface area contributed by atoms with Crippen LogP contribution in [0, 0.1) is 0 Å². The molecule has 0 bridgehead atoms. The summed E-state index contributed by atoms with van der Waals surface area (Å²) in [5, 5.41) is 0.609. The van der Waals surface area contributed by atoms with E-state index in [4.69, 9.17) is 11.6 Å². The highest BCUT2D eigenvalue weighted by Crippen LogP contribution is 2.23. The van der Waals surface area contributed by atoms with E-state index in [1.54, 1.807) is 6.07 Å². The Morgan fingerprint density at radius 3 is 2.69 bits per heavy atom. The molecule has 2 nitrogen and oxygen atoms in total. The Morgan fingerprint density at radius 2 is 2.12 bits per heavy atom. The number of hydrogen-bond acceptors (Lipinski definition) is 2. The summed E-state index contributed by atoms with van der Waals surface area (Å²) in [6.07, 6.45) is 3.16. The summed E-state index contributed by atoms with van der Waals surface area (Å²) < 4.78 is 0. The Morgan fingerprint density at radius 1 is 1.38 bits per heavy atom. The smallest absolute Gasteiger partial charge is 0.152 e. The van der Waals surface area contributed by atoms with Gasteiger partial charge in [-0.15, -0.1) is 0 Å². The molecule has 0 radical (unpaired) electrons. The fraction of sp³-hybridized carbons (Fsp3) is 0.462. The molecule has 0 spiro atoms. The van der Waals surface area contributed by atoms with E-state index in [9.17, 15) is 4.79 Å². The van der Waals surface area contributed by atoms with Crippen LogP contribution in [0.1, 0.15) is 37.0 Å². The highest BCUT2D eigenvalue weighted by molar-refractivity contribution is 6.31. The Bertz CT molecular complexity index is 352. The molecule has 0 atom stereocenters. The van der Waals surface area contributed by atoms with Gasteiger partial charge in [0.25, 0.3) is 0 Å². The van der Waals surface area contributed by atoms with Crippen molar-refractivity contribution < 1.29 is 4.79 Å². The SMILES string of the molecule is CCCCN(CC)c1ccc(Cl)cc1C=O. The molecule has 0 aliphatic carbocycles. The van der Waals surface area contributed by atoms with Crippen LogP contribution in [-0.2, 0) is 0 Å². The van der Waals surface area contributed by atoms with Gasteiger partial charge in [-0.25, -0.2) is 0 Å². The summed E-state index contributed by atoms with van der Waals surface area (Å²) in [4.78, 5) is 13.2. The molecule has 0 heterocycles. The Labute approximate surface area is 102 Å². The topological polar surface area (TPSA) is 20.3 Å². The minimum Gasteiger partial charge on any atom is -0.371 e. The van der Waals surface area contributed by atoms with Crippen LogP contribution in [-0.4, -0.2) is 19.4 Å². The maximum Gasteiger partial charge on any atom is 0.152 e. The lowest BCUT2D eigenvalue weighted by Crippen LogP contribution is -2.24. The lowest BCUT2D eigenvalue weighted by atomic mass is 10.1. The summed E-state index contributed by atoms with van der Waals surface area (Å²) in [7, 11) is 0. The summed E-state index contributed by atoms with van der Waals surface area (Å²) >= 11 is 5.87. The van der Waals surface area contributed by atoms with Gasteiger partial charge in [0.2, 0.25) is 0 Å². The quantitative estimate of drug-likeness (QED) is 0.705. The number of halogens is 1. The van der Waals surface area contributed by atoms with E-state index >= 15 is 0 Å². The number of benzene rings is 1. The highest BCUT2D eigenvalue weighted by Gasteiger charge is 2.09. The van der Waals surface area contributed by atoms with Crippen molar-refractivity contribution in [2.75, 3.05) is 18.0 Å². The predicted octanol–water partition coefficient (Wildman–Crippen LogP) is 3.78. The molecular weight excluding hydrogens is 222 g/mol. The fourth-order valence-electron chi connectivity index (χ4n) is 1.71. The van der Waals surface area contributed by atoms with E-state index in [0.717, 1.165) is 37.9 Å². The fourth-order valence-corrected chi connectivity index (χ4v) is 1.89. The number of unbranched alkanes of at least 4 members (excludes halogenated alkanes) is 1. The van der Waals surface area contributed by atoms with Crippen LogP contribution < -0.4 is 4.90 Å². The molecule has 0 fully saturated rings. The van der Waals surface area contributed by atoms with Crippen molar-refractivity contribution >= 4 is 23.6 Å². The second-order valence-electron chi connectivity index (χ2n) is 3.75. The predicted molar refractivity (Wildman–Crippen MR) is 69.6 cm³/mol. The van der Waals surface area contributed by atoms with Crippen LogP contribution in [0.25, 0.3) is 0 Å². The molecule has 0 aliphatic rings. The molecule has 0 saturated carbocycles. The van der Waals surface area contributed by atoms with E-state index in [-0.39, 0.29) is 0 Å². The molecule has 88 valence electrons. The number of nitrogens with zero attached hydrogens (tertiary/aromatic N) is 1. The monoisotopic (exact) mass is 239 g/mol. The van der Waals surface area contributed by atoms with Crippen molar-refractivity contribution in [2.24, 2.45) is 0 Å². The number of anilines is 1. The maximum absolute atomic E-state index is 11.0. The second-order valence-corrected chi connectivity index (χ2v) is 4.19. The summed E-state index contributed by atoms with van der Waals surface area (Å²) in [6.45, 7) is 6.15. The highest BCUT2D eigenvalue weighted by atomic mass is 35.5. The lowest BCUT2D eigenvalue weighted by Gasteiger charge is -2.24. The third kappa shape index (κ3) is 3.24. The Kier molecular flexibility index (Phi) is 5.33. The molecule has 1 rings (SSSR count). The van der Waals surface area contributed by atoms with Gasteiger partial charge in [0.15, 0.2) is 6.29 Å². The summed E-state index contributed by atoms with van der Waals surface area (Å²) in [5.41, 5.74) is 1.65. The van der Waals surface area contributed by atoms with Crippen molar-refractivity contribution in [3.8, 4) is 0 Å². The van der Waals surface area contributed by atoms with Crippen LogP contribution in [0.2, 0.25) is 5.02 Å². The van der Waals surface area contributed by atoms with Crippen LogP contribution in [0.5, 0.6) is 0 Å². The van der Waals surface area contributed by atoms with Gasteiger partial charge < -0.3 is 4.90 Å². The minimum absolute atomic E-state index is 0.609. The minimum atomic E-state index is 0.609. The van der Waals surface area contributed by atoms with Crippen molar-refractivity contribution in [3.63, 3.8) is 0 Å². The first-order chi connectivity index (χ1) is 7.72. The normalized spacial score (nSPS) is 10.2. The Balaban J connectivity index is 2.94. The summed E-state index contributed by atoms with van der Waals surface area (Å²) in [5.74, 6) is 0. The first kappa shape index (κ1) is 13.0. The van der Waals surface area contributed by atoms with Crippen LogP contribution in [0.3, 0.4) is 0 Å². The molecule has 1 aromatic carbocycles. The molecular formula is C13H18ClNO. The number of carbonyl (C=O) groups is 1. The first-order valence-corrected chi connectivity index (χ1v) is 6.10. The van der Waals surface area contributed by atoms with Gasteiger partial charge in [-0.2, -0.15) is 0 Å². The number of hydrogen-bond donors (Lipinski definition) is 0. The van der Waals surface area contributed by atoms with Gasteiger partial charge in [-0.05, 0) is 31.5 Å². The number of aldehydes is 1. The number of carbonyl (C=O) groups excluding carboxylic acids is 1. The lowest BCUT2D eigenvalue weighted by molar-refractivity contribution is 0.112. The van der Waals surface area contributed by atoms with Crippen LogP contribution in [0.15, 0.2) is 18.2 Å². The van der Waals surface area contributed by atoms with Gasteiger partial charge in [0.1, 0.15) is 0 Å². The molecule has 0 unspecified atom stereocenters. The van der Waals surface area contributed by atoms with E-state index < -0.39 is 0 Å². The molecule has 0 aromatic heterocycles. The van der Waals surface area contributed by atoms with Gasteiger partial charge in [0.05, 0.1) is 0 Å². The summed E-state index contributed by atoms with van der Waals surface area (Å²) in [6, 6.07) is 5.47. The van der Waals surface area contributed by atoms with Gasteiger partial charge in [-0.1, -0.05) is 24.9 Å². The molecule has 1 aromatic rings. The van der Waals surface area contributed by atoms with Gasteiger partial charge in [-0.3, -0.25) is 4.79 Å². The molecule has 0 amide bonds. The van der Waals surface area contributed by atoms with Gasteiger partial charge in [0, 0.05) is 29.4 Å². The van der Waals surface area contributed by atoms with E-state index in [0.29, 0.717) is 10.6 Å². The van der Waals surface area contributed by atoms with Crippen molar-refractivity contribution in [3.05, 3.63) is 28.8 Å². The zero-order valence-electron chi connectivity index (χ0n) is 9.87. The second kappa shape index (κ2) is 6.54.